The summed E-state index contributed by atoms with van der Waals surface area (Å²) in [5.74, 6) is 0. The molecule has 122 valence electrons. The fourth-order valence-corrected chi connectivity index (χ4v) is 2.37. The normalized spacial score (nSPS) is 25.4. The largest absolute Gasteiger partial charge is 0.394 e. The number of H-pyrrole nitrogens is 1. The highest BCUT2D eigenvalue weighted by Crippen LogP contribution is 2.31. The van der Waals surface area contributed by atoms with Gasteiger partial charge in [-0.3, -0.25) is 14.3 Å². The predicted molar refractivity (Wildman–Crippen MR) is 81.4 cm³/mol. The van der Waals surface area contributed by atoms with Crippen molar-refractivity contribution in [3.8, 4) is 0 Å². The van der Waals surface area contributed by atoms with Crippen LogP contribution in [0.2, 0.25) is 0 Å². The van der Waals surface area contributed by atoms with Crippen LogP contribution in [-0.4, -0.2) is 38.6 Å². The molecule has 0 radical (unpaired) electrons. The Balaban J connectivity index is 2.44. The molecular formula is C15H22N2O5. The molecule has 0 spiro atoms. The first-order valence-electron chi connectivity index (χ1n) is 7.14. The number of allylic oxidation sites excluding steroid dienone is 1. The molecule has 7 nitrogen and oxygen atoms in total. The highest BCUT2D eigenvalue weighted by Gasteiger charge is 2.35. The van der Waals surface area contributed by atoms with E-state index in [-0.39, 0.29) is 18.4 Å². The second kappa shape index (κ2) is 5.83. The number of aliphatic hydroxyl groups excluding tert-OH is 2. The molecule has 0 aromatic carbocycles. The van der Waals surface area contributed by atoms with Gasteiger partial charge in [-0.05, 0) is 11.0 Å². The van der Waals surface area contributed by atoms with Crippen LogP contribution < -0.4 is 11.2 Å². The molecule has 2 heterocycles. The first kappa shape index (κ1) is 16.7. The first-order chi connectivity index (χ1) is 10.1. The summed E-state index contributed by atoms with van der Waals surface area (Å²) in [6.45, 7) is 9.35. The number of aliphatic hydroxyl groups is 2. The Bertz CT molecular complexity index is 682. The van der Waals surface area contributed by atoms with Gasteiger partial charge in [0, 0.05) is 12.6 Å². The molecule has 1 aromatic rings. The summed E-state index contributed by atoms with van der Waals surface area (Å²) in [6, 6.07) is 0. The Labute approximate surface area is 127 Å². The predicted octanol–water partition coefficient (Wildman–Crippen LogP) is 0.237. The highest BCUT2D eigenvalue weighted by atomic mass is 16.5. The molecule has 3 atom stereocenters. The second-order valence-corrected chi connectivity index (χ2v) is 6.55. The molecule has 1 aliphatic heterocycles. The van der Waals surface area contributed by atoms with Crippen molar-refractivity contribution in [1.82, 2.24) is 9.55 Å². The van der Waals surface area contributed by atoms with Crippen molar-refractivity contribution in [3.63, 3.8) is 0 Å². The van der Waals surface area contributed by atoms with Gasteiger partial charge in [-0.15, -0.1) is 0 Å². The van der Waals surface area contributed by atoms with Crippen LogP contribution in [-0.2, 0) is 4.74 Å². The molecule has 1 fully saturated rings. The Kier molecular flexibility index (Phi) is 4.42. The average molecular weight is 310 g/mol. The van der Waals surface area contributed by atoms with E-state index in [2.05, 4.69) is 11.6 Å². The molecule has 0 unspecified atom stereocenters. The van der Waals surface area contributed by atoms with Crippen molar-refractivity contribution in [2.75, 3.05) is 6.61 Å². The average Bonchev–Trinajstić information content (AvgIpc) is 2.78. The van der Waals surface area contributed by atoms with Crippen LogP contribution in [0.5, 0.6) is 0 Å². The summed E-state index contributed by atoms with van der Waals surface area (Å²) in [5, 5.41) is 18.9. The minimum absolute atomic E-state index is 0.165. The summed E-state index contributed by atoms with van der Waals surface area (Å²) >= 11 is 0. The summed E-state index contributed by atoms with van der Waals surface area (Å²) < 4.78 is 6.69. The minimum Gasteiger partial charge on any atom is -0.394 e. The molecule has 0 aliphatic carbocycles. The van der Waals surface area contributed by atoms with Crippen LogP contribution in [0, 0.1) is 5.41 Å². The van der Waals surface area contributed by atoms with E-state index in [1.54, 1.807) is 0 Å². The summed E-state index contributed by atoms with van der Waals surface area (Å²) in [7, 11) is 0. The van der Waals surface area contributed by atoms with E-state index in [1.807, 2.05) is 20.8 Å². The van der Waals surface area contributed by atoms with Crippen LogP contribution in [0.25, 0.3) is 5.57 Å². The summed E-state index contributed by atoms with van der Waals surface area (Å²) in [5.41, 5.74) is -0.555. The number of aromatic amines is 1. The Morgan fingerprint density at radius 2 is 2.14 bits per heavy atom. The van der Waals surface area contributed by atoms with E-state index in [1.165, 1.54) is 10.8 Å². The van der Waals surface area contributed by atoms with Gasteiger partial charge in [0.2, 0.25) is 0 Å². The maximum absolute atomic E-state index is 12.0. The molecule has 2 rings (SSSR count). The van der Waals surface area contributed by atoms with E-state index in [0.717, 1.165) is 0 Å². The first-order valence-corrected chi connectivity index (χ1v) is 7.14. The third-order valence-corrected chi connectivity index (χ3v) is 3.89. The fraction of sp³-hybridized carbons (Fsp3) is 0.600. The standard InChI is InChI=1S/C15H22N2O5/c1-8(15(2,3)4)9-6-17(14(21)16-13(9)20)12-5-10(19)11(7-18)22-12/h6,10-12,18-19H,1,5,7H2,2-4H3,(H,16,20,21)/t10-,11+,12+/m0/s1. The zero-order chi connectivity index (χ0) is 16.7. The second-order valence-electron chi connectivity index (χ2n) is 6.55. The molecule has 1 saturated heterocycles. The number of hydrogen-bond donors (Lipinski definition) is 3. The van der Waals surface area contributed by atoms with Crippen LogP contribution in [0.15, 0.2) is 22.4 Å². The van der Waals surface area contributed by atoms with Crippen molar-refractivity contribution in [2.45, 2.75) is 45.6 Å². The lowest BCUT2D eigenvalue weighted by atomic mass is 9.84. The van der Waals surface area contributed by atoms with Crippen molar-refractivity contribution < 1.29 is 14.9 Å². The third kappa shape index (κ3) is 3.06. The van der Waals surface area contributed by atoms with Gasteiger partial charge in [-0.2, -0.15) is 0 Å². The topological polar surface area (TPSA) is 105 Å². The van der Waals surface area contributed by atoms with Crippen LogP contribution >= 0.6 is 0 Å². The molecule has 1 aromatic heterocycles. The van der Waals surface area contributed by atoms with E-state index in [4.69, 9.17) is 9.84 Å². The van der Waals surface area contributed by atoms with E-state index < -0.39 is 29.7 Å². The maximum atomic E-state index is 12.0. The lowest BCUT2D eigenvalue weighted by Crippen LogP contribution is -2.35. The van der Waals surface area contributed by atoms with E-state index in [0.29, 0.717) is 11.1 Å². The fourth-order valence-electron chi connectivity index (χ4n) is 2.37. The van der Waals surface area contributed by atoms with Gasteiger partial charge < -0.3 is 14.9 Å². The Morgan fingerprint density at radius 1 is 1.50 bits per heavy atom. The SMILES string of the molecule is C=C(c1cn([C@H]2C[C@H](O)[C@@H](CO)O2)c(=O)[nH]c1=O)C(C)(C)C. The lowest BCUT2D eigenvalue weighted by molar-refractivity contribution is -0.0459. The van der Waals surface area contributed by atoms with Crippen molar-refractivity contribution >= 4 is 5.57 Å². The van der Waals surface area contributed by atoms with Gasteiger partial charge in [-0.1, -0.05) is 27.4 Å². The number of ether oxygens (including phenoxy) is 1. The minimum atomic E-state index is -0.858. The molecular weight excluding hydrogens is 288 g/mol. The van der Waals surface area contributed by atoms with Crippen LogP contribution in [0.3, 0.4) is 0 Å². The number of nitrogens with zero attached hydrogens (tertiary/aromatic N) is 1. The number of aromatic nitrogens is 2. The molecule has 0 bridgehead atoms. The molecule has 7 heteroatoms. The van der Waals surface area contributed by atoms with Crippen molar-refractivity contribution in [3.05, 3.63) is 39.2 Å². The van der Waals surface area contributed by atoms with Gasteiger partial charge in [0.15, 0.2) is 0 Å². The Hall–Kier alpha value is -1.70. The van der Waals surface area contributed by atoms with Crippen molar-refractivity contribution in [2.24, 2.45) is 5.41 Å². The lowest BCUT2D eigenvalue weighted by Gasteiger charge is -2.22. The monoisotopic (exact) mass is 310 g/mol. The summed E-state index contributed by atoms with van der Waals surface area (Å²) in [6.07, 6.45) is -0.756. The molecule has 0 saturated carbocycles. The van der Waals surface area contributed by atoms with E-state index in [9.17, 15) is 14.7 Å². The highest BCUT2D eigenvalue weighted by molar-refractivity contribution is 5.65. The smallest absolute Gasteiger partial charge is 0.330 e. The number of rotatable bonds is 3. The van der Waals surface area contributed by atoms with E-state index >= 15 is 0 Å². The quantitative estimate of drug-likeness (QED) is 0.741. The van der Waals surface area contributed by atoms with Gasteiger partial charge in [-0.25, -0.2) is 4.79 Å². The molecule has 1 aliphatic rings. The molecule has 3 N–H and O–H groups in total. The number of hydrogen-bond acceptors (Lipinski definition) is 5. The molecule has 22 heavy (non-hydrogen) atoms. The third-order valence-electron chi connectivity index (χ3n) is 3.89. The number of nitrogens with one attached hydrogen (secondary N) is 1. The zero-order valence-corrected chi connectivity index (χ0v) is 13.0. The van der Waals surface area contributed by atoms with Gasteiger partial charge >= 0.3 is 5.69 Å². The molecule has 0 amide bonds. The van der Waals surface area contributed by atoms with Crippen LogP contribution in [0.4, 0.5) is 0 Å². The Morgan fingerprint density at radius 3 is 2.64 bits per heavy atom. The van der Waals surface area contributed by atoms with Crippen LogP contribution in [0.1, 0.15) is 39.0 Å². The van der Waals surface area contributed by atoms with Gasteiger partial charge in [0.05, 0.1) is 18.3 Å². The maximum Gasteiger partial charge on any atom is 0.330 e. The van der Waals surface area contributed by atoms with Crippen molar-refractivity contribution in [1.29, 1.82) is 0 Å². The van der Waals surface area contributed by atoms with Gasteiger partial charge in [0.1, 0.15) is 12.3 Å². The summed E-state index contributed by atoms with van der Waals surface area (Å²) in [4.78, 5) is 26.3. The van der Waals surface area contributed by atoms with Gasteiger partial charge in [0.25, 0.3) is 5.56 Å². The zero-order valence-electron chi connectivity index (χ0n) is 13.0.